The van der Waals surface area contributed by atoms with Crippen molar-refractivity contribution in [1.29, 1.82) is 0 Å². The Morgan fingerprint density at radius 2 is 1.79 bits per heavy atom. The highest BCUT2D eigenvalue weighted by molar-refractivity contribution is 5.40. The van der Waals surface area contributed by atoms with Crippen LogP contribution in [-0.2, 0) is 18.3 Å². The second kappa shape index (κ2) is 9.69. The van der Waals surface area contributed by atoms with Crippen molar-refractivity contribution in [1.82, 2.24) is 15.0 Å². The first-order chi connectivity index (χ1) is 13.8. The van der Waals surface area contributed by atoms with Crippen LogP contribution in [0.2, 0.25) is 0 Å². The summed E-state index contributed by atoms with van der Waals surface area (Å²) in [5, 5.41) is 0. The Bertz CT molecular complexity index is 746. The topological polar surface area (TPSA) is 41.9 Å². The monoisotopic (exact) mass is 394 g/mol. The maximum Gasteiger partial charge on any atom is 0.133 e. The van der Waals surface area contributed by atoms with E-state index in [9.17, 15) is 0 Å². The van der Waals surface area contributed by atoms with E-state index in [4.69, 9.17) is 4.98 Å². The third-order valence-electron chi connectivity index (χ3n) is 5.89. The van der Waals surface area contributed by atoms with Gasteiger partial charge in [-0.3, -0.25) is 0 Å². The van der Waals surface area contributed by atoms with Gasteiger partial charge in [0.2, 0.25) is 0 Å². The summed E-state index contributed by atoms with van der Waals surface area (Å²) in [5.41, 5.74) is 2.61. The van der Waals surface area contributed by atoms with Gasteiger partial charge in [0.1, 0.15) is 11.6 Å². The van der Waals surface area contributed by atoms with Gasteiger partial charge in [-0.2, -0.15) is 0 Å². The van der Waals surface area contributed by atoms with E-state index in [1.54, 1.807) is 0 Å². The number of piperidine rings is 1. The van der Waals surface area contributed by atoms with Gasteiger partial charge in [-0.05, 0) is 61.1 Å². The Hall–Kier alpha value is -1.97. The molecule has 1 aliphatic rings. The first-order valence-electron chi connectivity index (χ1n) is 11.4. The molecule has 29 heavy (non-hydrogen) atoms. The molecule has 1 saturated heterocycles. The molecule has 0 radical (unpaired) electrons. The highest BCUT2D eigenvalue weighted by Crippen LogP contribution is 2.28. The van der Waals surface area contributed by atoms with Crippen LogP contribution in [0.1, 0.15) is 77.3 Å². The molecule has 2 atom stereocenters. The summed E-state index contributed by atoms with van der Waals surface area (Å²) in [7, 11) is 0. The molecule has 4 heteroatoms. The number of nitrogens with zero attached hydrogens (tertiary/aromatic N) is 4. The van der Waals surface area contributed by atoms with Crippen LogP contribution < -0.4 is 4.90 Å². The molecule has 0 bridgehead atoms. The van der Waals surface area contributed by atoms with Gasteiger partial charge in [-0.15, -0.1) is 0 Å². The zero-order valence-electron chi connectivity index (χ0n) is 19.0. The van der Waals surface area contributed by atoms with Crippen LogP contribution in [0.5, 0.6) is 0 Å². The number of aryl methyl sites for hydroxylation is 1. The van der Waals surface area contributed by atoms with E-state index < -0.39 is 0 Å². The third kappa shape index (κ3) is 6.25. The molecule has 2 aromatic rings. The van der Waals surface area contributed by atoms with Crippen molar-refractivity contribution in [3.8, 4) is 0 Å². The minimum atomic E-state index is 0.0124. The van der Waals surface area contributed by atoms with Gasteiger partial charge >= 0.3 is 0 Å². The van der Waals surface area contributed by atoms with Gasteiger partial charge in [-0.1, -0.05) is 47.1 Å². The third-order valence-corrected chi connectivity index (χ3v) is 5.89. The summed E-state index contributed by atoms with van der Waals surface area (Å²) in [6.45, 7) is 13.3. The summed E-state index contributed by atoms with van der Waals surface area (Å²) < 4.78 is 0. The summed E-state index contributed by atoms with van der Waals surface area (Å²) in [5.74, 6) is 3.46. The van der Waals surface area contributed by atoms with Crippen molar-refractivity contribution >= 4 is 5.82 Å². The molecule has 1 aliphatic heterocycles. The number of hydrogen-bond donors (Lipinski definition) is 0. The average Bonchev–Trinajstić information content (AvgIpc) is 2.69. The zero-order chi connectivity index (χ0) is 20.9. The molecule has 2 unspecified atom stereocenters. The fourth-order valence-electron chi connectivity index (χ4n) is 4.41. The molecule has 3 rings (SSSR count). The van der Waals surface area contributed by atoms with Gasteiger partial charge in [0, 0.05) is 37.1 Å². The first kappa shape index (κ1) is 21.7. The zero-order valence-corrected chi connectivity index (χ0v) is 19.0. The average molecular weight is 395 g/mol. The Morgan fingerprint density at radius 1 is 1.07 bits per heavy atom. The van der Waals surface area contributed by atoms with E-state index in [1.807, 2.05) is 12.4 Å². The lowest BCUT2D eigenvalue weighted by atomic mass is 9.86. The van der Waals surface area contributed by atoms with Crippen LogP contribution in [0, 0.1) is 11.8 Å². The summed E-state index contributed by atoms with van der Waals surface area (Å²) in [6.07, 6.45) is 13.3. The molecule has 0 spiro atoms. The molecule has 158 valence electrons. The van der Waals surface area contributed by atoms with Crippen molar-refractivity contribution < 1.29 is 0 Å². The minimum Gasteiger partial charge on any atom is -0.356 e. The largest absolute Gasteiger partial charge is 0.356 e. The Labute approximate surface area is 177 Å². The lowest BCUT2D eigenvalue weighted by Gasteiger charge is -2.35. The summed E-state index contributed by atoms with van der Waals surface area (Å²) in [4.78, 5) is 16.4. The second-order valence-corrected chi connectivity index (χ2v) is 9.94. The molecule has 4 nitrogen and oxygen atoms in total. The molecule has 0 aromatic carbocycles. The van der Waals surface area contributed by atoms with Crippen molar-refractivity contribution in [2.45, 2.75) is 78.6 Å². The van der Waals surface area contributed by atoms with Crippen molar-refractivity contribution in [3.63, 3.8) is 0 Å². The fraction of sp³-hybridized carbons (Fsp3) is 0.640. The van der Waals surface area contributed by atoms with Crippen LogP contribution in [0.4, 0.5) is 5.82 Å². The maximum absolute atomic E-state index is 4.74. The van der Waals surface area contributed by atoms with Crippen molar-refractivity contribution in [2.75, 3.05) is 18.0 Å². The van der Waals surface area contributed by atoms with Gasteiger partial charge in [0.15, 0.2) is 0 Å². The van der Waals surface area contributed by atoms with Crippen LogP contribution in [0.15, 0.2) is 30.7 Å². The van der Waals surface area contributed by atoms with Crippen LogP contribution in [0.3, 0.4) is 0 Å². The van der Waals surface area contributed by atoms with Crippen LogP contribution in [-0.4, -0.2) is 28.0 Å². The van der Waals surface area contributed by atoms with E-state index in [0.717, 1.165) is 43.5 Å². The fourth-order valence-corrected chi connectivity index (χ4v) is 4.41. The van der Waals surface area contributed by atoms with E-state index >= 15 is 0 Å². The van der Waals surface area contributed by atoms with Gasteiger partial charge in [0.25, 0.3) is 0 Å². The number of aromatic nitrogens is 3. The summed E-state index contributed by atoms with van der Waals surface area (Å²) >= 11 is 0. The maximum atomic E-state index is 4.74. The van der Waals surface area contributed by atoms with Crippen LogP contribution in [0.25, 0.3) is 0 Å². The molecule has 0 amide bonds. The SMILES string of the molecule is CCCc1ccc(N2CCCC(CC(C)Cc3cnc(C(C)(C)C)nc3)C2)nc1. The lowest BCUT2D eigenvalue weighted by Crippen LogP contribution is -2.36. The van der Waals surface area contributed by atoms with Crippen LogP contribution >= 0.6 is 0 Å². The van der Waals surface area contributed by atoms with Crippen molar-refractivity contribution in [2.24, 2.45) is 11.8 Å². The molecule has 1 fully saturated rings. The number of anilines is 1. The molecule has 0 aliphatic carbocycles. The number of hydrogen-bond acceptors (Lipinski definition) is 4. The summed E-state index contributed by atoms with van der Waals surface area (Å²) in [6, 6.07) is 4.46. The molecule has 2 aromatic heterocycles. The van der Waals surface area contributed by atoms with Crippen molar-refractivity contribution in [3.05, 3.63) is 47.7 Å². The van der Waals surface area contributed by atoms with Gasteiger partial charge in [-0.25, -0.2) is 15.0 Å². The predicted octanol–water partition coefficient (Wildman–Crippen LogP) is 5.61. The Kier molecular flexibility index (Phi) is 7.26. The van der Waals surface area contributed by atoms with Gasteiger partial charge in [0.05, 0.1) is 0 Å². The molecule has 0 saturated carbocycles. The molecule has 3 heterocycles. The highest BCUT2D eigenvalue weighted by Gasteiger charge is 2.23. The standard InChI is InChI=1S/C25H38N4/c1-6-8-20-10-11-23(26-15-20)29-12-7-9-21(18-29)13-19(2)14-22-16-27-24(28-17-22)25(3,4)5/h10-11,15-17,19,21H,6-9,12-14,18H2,1-5H3. The lowest BCUT2D eigenvalue weighted by molar-refractivity contribution is 0.333. The normalized spacial score (nSPS) is 18.7. The molecular formula is C25H38N4. The van der Waals surface area contributed by atoms with E-state index in [-0.39, 0.29) is 5.41 Å². The highest BCUT2D eigenvalue weighted by atomic mass is 15.2. The Morgan fingerprint density at radius 3 is 2.41 bits per heavy atom. The number of pyridine rings is 1. The smallest absolute Gasteiger partial charge is 0.133 e. The Balaban J connectivity index is 1.53. The van der Waals surface area contributed by atoms with E-state index in [2.05, 4.69) is 67.8 Å². The number of rotatable bonds is 7. The van der Waals surface area contributed by atoms with E-state index in [1.165, 1.54) is 36.8 Å². The quantitative estimate of drug-likeness (QED) is 0.612. The molecular weight excluding hydrogens is 356 g/mol. The first-order valence-corrected chi connectivity index (χ1v) is 11.4. The van der Waals surface area contributed by atoms with E-state index in [0.29, 0.717) is 5.92 Å². The predicted molar refractivity (Wildman–Crippen MR) is 121 cm³/mol. The minimum absolute atomic E-state index is 0.0124. The molecule has 0 N–H and O–H groups in total. The second-order valence-electron chi connectivity index (χ2n) is 9.94. The van der Waals surface area contributed by atoms with Gasteiger partial charge < -0.3 is 4.90 Å².